The molecule has 2 atom stereocenters. The van der Waals surface area contributed by atoms with Crippen molar-refractivity contribution in [2.45, 2.75) is 77.5 Å². The first kappa shape index (κ1) is 24.1. The molecule has 4 rings (SSSR count). The molecule has 0 radical (unpaired) electrons. The van der Waals surface area contributed by atoms with Gasteiger partial charge in [0.05, 0.1) is 17.7 Å². The second kappa shape index (κ2) is 9.70. The highest BCUT2D eigenvalue weighted by molar-refractivity contribution is 7.13. The van der Waals surface area contributed by atoms with Crippen molar-refractivity contribution < 1.29 is 9.53 Å². The van der Waals surface area contributed by atoms with E-state index in [4.69, 9.17) is 9.72 Å². The molecular formula is C26H32N4O3S. The first-order valence-electron chi connectivity index (χ1n) is 11.7. The Labute approximate surface area is 204 Å². The molecular weight excluding hydrogens is 448 g/mol. The maximum Gasteiger partial charge on any atom is 0.407 e. The summed E-state index contributed by atoms with van der Waals surface area (Å²) in [7, 11) is 0. The van der Waals surface area contributed by atoms with Crippen molar-refractivity contribution in [3.63, 3.8) is 0 Å². The summed E-state index contributed by atoms with van der Waals surface area (Å²) in [6.45, 7) is 9.45. The lowest BCUT2D eigenvalue weighted by molar-refractivity contribution is 0.0490. The predicted octanol–water partition coefficient (Wildman–Crippen LogP) is 5.11. The largest absolute Gasteiger partial charge is 0.444 e. The van der Waals surface area contributed by atoms with Gasteiger partial charge in [-0.15, -0.1) is 11.3 Å². The molecule has 0 aliphatic heterocycles. The van der Waals surface area contributed by atoms with Gasteiger partial charge >= 0.3 is 6.09 Å². The molecule has 0 saturated carbocycles. The third-order valence-corrected chi connectivity index (χ3v) is 6.86. The topological polar surface area (TPSA) is 86.1 Å². The summed E-state index contributed by atoms with van der Waals surface area (Å²) in [4.78, 5) is 35.6. The fraction of sp³-hybridized carbons (Fsp3) is 0.462. The molecule has 1 aromatic carbocycles. The van der Waals surface area contributed by atoms with Gasteiger partial charge < -0.3 is 10.1 Å². The summed E-state index contributed by atoms with van der Waals surface area (Å²) in [6.07, 6.45) is 3.02. The Morgan fingerprint density at radius 3 is 2.68 bits per heavy atom. The number of alkyl carbamates (subject to hydrolysis) is 1. The van der Waals surface area contributed by atoms with Crippen LogP contribution in [0.3, 0.4) is 0 Å². The number of benzene rings is 1. The zero-order valence-corrected chi connectivity index (χ0v) is 21.2. The van der Waals surface area contributed by atoms with E-state index in [1.807, 2.05) is 70.3 Å². The van der Waals surface area contributed by atoms with Crippen LogP contribution in [0.25, 0.3) is 10.6 Å². The van der Waals surface area contributed by atoms with E-state index in [9.17, 15) is 9.59 Å². The van der Waals surface area contributed by atoms with E-state index < -0.39 is 11.7 Å². The van der Waals surface area contributed by atoms with Crippen LogP contribution >= 0.6 is 11.3 Å². The Bertz CT molecular complexity index is 1210. The summed E-state index contributed by atoms with van der Waals surface area (Å²) in [6, 6.07) is 9.79. The molecule has 2 aromatic heterocycles. The molecule has 1 aliphatic carbocycles. The Morgan fingerprint density at radius 2 is 2.00 bits per heavy atom. The smallest absolute Gasteiger partial charge is 0.407 e. The fourth-order valence-corrected chi connectivity index (χ4v) is 5.20. The van der Waals surface area contributed by atoms with E-state index in [2.05, 4.69) is 10.3 Å². The molecule has 3 aromatic rings. The Kier molecular flexibility index (Phi) is 6.89. The number of ether oxygens (including phenoxy) is 1. The zero-order chi connectivity index (χ0) is 24.5. The lowest BCUT2D eigenvalue weighted by Gasteiger charge is -2.34. The molecule has 180 valence electrons. The quantitative estimate of drug-likeness (QED) is 0.548. The summed E-state index contributed by atoms with van der Waals surface area (Å²) >= 11 is 1.59. The molecule has 1 N–H and O–H groups in total. The number of aromatic nitrogens is 3. The van der Waals surface area contributed by atoms with Gasteiger partial charge in [-0.2, -0.15) is 0 Å². The SMILES string of the molecule is CC(C)n1cnc2c(c1=O)[C@@H](Cc1csc(-c3ccccc3)n1)[C@@H](NC(=O)OC(C)(C)C)CC2. The predicted molar refractivity (Wildman–Crippen MR) is 134 cm³/mol. The van der Waals surface area contributed by atoms with E-state index in [1.165, 1.54) is 0 Å². The van der Waals surface area contributed by atoms with E-state index in [0.717, 1.165) is 22.0 Å². The molecule has 0 saturated heterocycles. The molecule has 1 aliphatic rings. The lowest BCUT2D eigenvalue weighted by Crippen LogP contribution is -2.47. The van der Waals surface area contributed by atoms with Crippen LogP contribution in [0.15, 0.2) is 46.8 Å². The molecule has 34 heavy (non-hydrogen) atoms. The van der Waals surface area contributed by atoms with Gasteiger partial charge in [0.1, 0.15) is 10.6 Å². The Balaban J connectivity index is 1.69. The van der Waals surface area contributed by atoms with Crippen molar-refractivity contribution in [3.05, 3.63) is 69.3 Å². The number of hydrogen-bond acceptors (Lipinski definition) is 6. The average molecular weight is 481 g/mol. The number of carbonyl (C=O) groups is 1. The maximum atomic E-state index is 13.5. The minimum Gasteiger partial charge on any atom is -0.444 e. The molecule has 1 amide bonds. The second-order valence-electron chi connectivity index (χ2n) is 10.0. The number of nitrogens with one attached hydrogen (secondary N) is 1. The molecule has 0 spiro atoms. The van der Waals surface area contributed by atoms with Crippen LogP contribution in [0.2, 0.25) is 0 Å². The number of amides is 1. The van der Waals surface area contributed by atoms with Gasteiger partial charge in [-0.1, -0.05) is 30.3 Å². The van der Waals surface area contributed by atoms with Crippen molar-refractivity contribution in [1.29, 1.82) is 0 Å². The lowest BCUT2D eigenvalue weighted by atomic mass is 9.79. The molecule has 0 unspecified atom stereocenters. The van der Waals surface area contributed by atoms with Crippen LogP contribution in [0.5, 0.6) is 0 Å². The molecule has 8 heteroatoms. The van der Waals surface area contributed by atoms with Gasteiger partial charge in [0.15, 0.2) is 0 Å². The highest BCUT2D eigenvalue weighted by Crippen LogP contribution is 2.33. The minimum absolute atomic E-state index is 0.00547. The maximum absolute atomic E-state index is 13.5. The summed E-state index contributed by atoms with van der Waals surface area (Å²) in [5, 5.41) is 6.02. The fourth-order valence-electron chi connectivity index (χ4n) is 4.37. The van der Waals surface area contributed by atoms with Crippen molar-refractivity contribution in [2.75, 3.05) is 0 Å². The van der Waals surface area contributed by atoms with Gasteiger partial charge in [0.25, 0.3) is 5.56 Å². The molecule has 7 nitrogen and oxygen atoms in total. The van der Waals surface area contributed by atoms with Gasteiger partial charge in [-0.3, -0.25) is 9.36 Å². The summed E-state index contributed by atoms with van der Waals surface area (Å²) in [5.41, 5.74) is 2.81. The van der Waals surface area contributed by atoms with Crippen LogP contribution in [-0.2, 0) is 17.6 Å². The number of hydrogen-bond donors (Lipinski definition) is 1. The van der Waals surface area contributed by atoms with Gasteiger partial charge in [-0.25, -0.2) is 14.8 Å². The van der Waals surface area contributed by atoms with Gasteiger partial charge in [0.2, 0.25) is 0 Å². The Hall–Kier alpha value is -3.00. The highest BCUT2D eigenvalue weighted by Gasteiger charge is 2.36. The Morgan fingerprint density at radius 1 is 1.26 bits per heavy atom. The van der Waals surface area contributed by atoms with Crippen molar-refractivity contribution in [1.82, 2.24) is 19.9 Å². The number of aryl methyl sites for hydroxylation is 1. The number of nitrogens with zero attached hydrogens (tertiary/aromatic N) is 3. The van der Waals surface area contributed by atoms with Crippen LogP contribution in [0, 0.1) is 0 Å². The van der Waals surface area contributed by atoms with Gasteiger partial charge in [-0.05, 0) is 53.9 Å². The summed E-state index contributed by atoms with van der Waals surface area (Å²) in [5.74, 6) is -0.242. The van der Waals surface area contributed by atoms with Crippen LogP contribution < -0.4 is 10.9 Å². The van der Waals surface area contributed by atoms with Crippen molar-refractivity contribution in [3.8, 4) is 10.6 Å². The molecule has 2 heterocycles. The van der Waals surface area contributed by atoms with Crippen LogP contribution in [0.1, 0.15) is 70.0 Å². The van der Waals surface area contributed by atoms with Crippen LogP contribution in [-0.4, -0.2) is 32.3 Å². The average Bonchev–Trinajstić information content (AvgIpc) is 3.23. The zero-order valence-electron chi connectivity index (χ0n) is 20.4. The van der Waals surface area contributed by atoms with Crippen molar-refractivity contribution >= 4 is 17.4 Å². The normalized spacial score (nSPS) is 17.9. The van der Waals surface area contributed by atoms with Gasteiger partial charge in [0, 0.05) is 34.5 Å². The van der Waals surface area contributed by atoms with E-state index >= 15 is 0 Å². The van der Waals surface area contributed by atoms with E-state index in [1.54, 1.807) is 22.2 Å². The monoisotopic (exact) mass is 480 g/mol. The highest BCUT2D eigenvalue weighted by atomic mass is 32.1. The van der Waals surface area contributed by atoms with Crippen molar-refractivity contribution in [2.24, 2.45) is 0 Å². The third kappa shape index (κ3) is 5.38. The standard InChI is InChI=1S/C26H32N4O3S/c1-16(2)30-15-27-21-12-11-20(29-25(32)33-26(3,4)5)19(22(21)24(30)31)13-18-14-34-23(28-18)17-9-7-6-8-10-17/h6-10,14-16,19-20H,11-13H2,1-5H3,(H,29,32)/t19-,20-/m0/s1. The number of thiazole rings is 1. The van der Waals surface area contributed by atoms with Crippen LogP contribution in [0.4, 0.5) is 4.79 Å². The summed E-state index contributed by atoms with van der Waals surface area (Å²) < 4.78 is 7.18. The first-order chi connectivity index (χ1) is 16.1. The number of fused-ring (bicyclic) bond motifs is 1. The molecule has 0 bridgehead atoms. The first-order valence-corrected chi connectivity index (χ1v) is 12.6. The second-order valence-corrected chi connectivity index (χ2v) is 10.9. The third-order valence-electron chi connectivity index (χ3n) is 5.92. The molecule has 0 fully saturated rings. The number of carbonyl (C=O) groups excluding carboxylic acids is 1. The van der Waals surface area contributed by atoms with E-state index in [-0.39, 0.29) is 23.6 Å². The van der Waals surface area contributed by atoms with E-state index in [0.29, 0.717) is 24.8 Å². The minimum atomic E-state index is -0.600. The number of rotatable bonds is 5.